The fourth-order valence-electron chi connectivity index (χ4n) is 2.72. The summed E-state index contributed by atoms with van der Waals surface area (Å²) in [4.78, 5) is 23.0. The lowest BCUT2D eigenvalue weighted by Crippen LogP contribution is -2.32. The van der Waals surface area contributed by atoms with Gasteiger partial charge in [-0.3, -0.25) is 9.59 Å². The molecule has 3 aromatic rings. The number of nitrogens with one attached hydrogen (secondary N) is 1. The van der Waals surface area contributed by atoms with E-state index in [0.29, 0.717) is 17.2 Å². The summed E-state index contributed by atoms with van der Waals surface area (Å²) in [5.41, 5.74) is 7.95. The van der Waals surface area contributed by atoms with Crippen molar-refractivity contribution in [3.63, 3.8) is 0 Å². The van der Waals surface area contributed by atoms with Gasteiger partial charge in [0.25, 0.3) is 0 Å². The average Bonchev–Trinajstić information content (AvgIpc) is 3.04. The maximum absolute atomic E-state index is 13.3. The van der Waals surface area contributed by atoms with E-state index in [0.717, 1.165) is 16.5 Å². The van der Waals surface area contributed by atoms with E-state index in [1.54, 1.807) is 35.0 Å². The number of aromatic nitrogens is 1. The number of rotatable bonds is 8. The van der Waals surface area contributed by atoms with Crippen molar-refractivity contribution in [2.75, 3.05) is 11.1 Å². The van der Waals surface area contributed by atoms with Crippen LogP contribution in [0.2, 0.25) is 0 Å². The van der Waals surface area contributed by atoms with Gasteiger partial charge in [0.05, 0.1) is 0 Å². The van der Waals surface area contributed by atoms with Crippen LogP contribution in [0.5, 0.6) is 0 Å². The Hall–Kier alpha value is -2.84. The molecule has 1 heterocycles. The van der Waals surface area contributed by atoms with Gasteiger partial charge in [0.1, 0.15) is 18.4 Å². The SMILES string of the molecule is NC(CSCc1ccc(NC(=O)Cn2ccc3cc(F)ccc32)cc1)C(=O)O. The van der Waals surface area contributed by atoms with Crippen LogP contribution in [0.15, 0.2) is 54.7 Å². The third kappa shape index (κ3) is 5.11. The highest BCUT2D eigenvalue weighted by molar-refractivity contribution is 7.98. The summed E-state index contributed by atoms with van der Waals surface area (Å²) < 4.78 is 15.0. The maximum Gasteiger partial charge on any atom is 0.321 e. The molecular weight excluding hydrogens is 381 g/mol. The molecule has 4 N–H and O–H groups in total. The molecule has 0 fully saturated rings. The molecule has 0 aliphatic carbocycles. The molecule has 1 unspecified atom stereocenters. The molecule has 0 radical (unpaired) electrons. The Morgan fingerprint density at radius 3 is 2.64 bits per heavy atom. The summed E-state index contributed by atoms with van der Waals surface area (Å²) in [5, 5.41) is 12.3. The third-order valence-electron chi connectivity index (χ3n) is 4.17. The summed E-state index contributed by atoms with van der Waals surface area (Å²) in [6, 6.07) is 12.7. The number of anilines is 1. The van der Waals surface area contributed by atoms with Crippen molar-refractivity contribution in [2.45, 2.75) is 18.3 Å². The van der Waals surface area contributed by atoms with E-state index in [1.165, 1.54) is 23.9 Å². The van der Waals surface area contributed by atoms with E-state index >= 15 is 0 Å². The lowest BCUT2D eigenvalue weighted by atomic mass is 10.2. The quantitative estimate of drug-likeness (QED) is 0.539. The van der Waals surface area contributed by atoms with E-state index in [-0.39, 0.29) is 18.3 Å². The van der Waals surface area contributed by atoms with Crippen LogP contribution in [0.3, 0.4) is 0 Å². The van der Waals surface area contributed by atoms with Gasteiger partial charge in [0.2, 0.25) is 5.91 Å². The number of nitrogens with zero attached hydrogens (tertiary/aromatic N) is 1. The number of carboxylic acids is 1. The number of aliphatic carboxylic acids is 1. The number of carboxylic acid groups (broad SMARTS) is 1. The normalized spacial score (nSPS) is 12.1. The number of amides is 1. The number of carbonyl (C=O) groups excluding carboxylic acids is 1. The van der Waals surface area contributed by atoms with Gasteiger partial charge >= 0.3 is 5.97 Å². The Balaban J connectivity index is 1.53. The second kappa shape index (κ2) is 8.90. The Bertz CT molecular complexity index is 988. The topological polar surface area (TPSA) is 97.4 Å². The molecule has 8 heteroatoms. The molecule has 0 saturated carbocycles. The highest BCUT2D eigenvalue weighted by Gasteiger charge is 2.11. The van der Waals surface area contributed by atoms with Crippen molar-refractivity contribution in [2.24, 2.45) is 5.73 Å². The van der Waals surface area contributed by atoms with Gasteiger partial charge in [-0.1, -0.05) is 12.1 Å². The Labute approximate surface area is 165 Å². The highest BCUT2D eigenvalue weighted by atomic mass is 32.2. The first kappa shape index (κ1) is 19.9. The standard InChI is InChI=1S/C20H20FN3O3S/c21-15-3-6-18-14(9-15)7-8-24(18)10-19(25)23-16-4-1-13(2-5-16)11-28-12-17(22)20(26)27/h1-9,17H,10-12,22H2,(H,23,25)(H,26,27). The van der Waals surface area contributed by atoms with Crippen molar-refractivity contribution in [1.82, 2.24) is 4.57 Å². The molecule has 3 rings (SSSR count). The first-order valence-electron chi connectivity index (χ1n) is 8.61. The number of fused-ring (bicyclic) bond motifs is 1. The number of benzene rings is 2. The molecule has 2 aromatic carbocycles. The van der Waals surface area contributed by atoms with Crippen LogP contribution in [-0.4, -0.2) is 33.3 Å². The lowest BCUT2D eigenvalue weighted by Gasteiger charge is -2.09. The van der Waals surface area contributed by atoms with Crippen molar-refractivity contribution < 1.29 is 19.1 Å². The van der Waals surface area contributed by atoms with Crippen molar-refractivity contribution in [3.05, 3.63) is 66.1 Å². The minimum absolute atomic E-state index is 0.125. The van der Waals surface area contributed by atoms with Crippen LogP contribution >= 0.6 is 11.8 Å². The van der Waals surface area contributed by atoms with Gasteiger partial charge in [-0.15, -0.1) is 0 Å². The van der Waals surface area contributed by atoms with E-state index in [1.807, 2.05) is 12.1 Å². The molecule has 0 aliphatic rings. The zero-order valence-corrected chi connectivity index (χ0v) is 15.8. The van der Waals surface area contributed by atoms with Crippen LogP contribution < -0.4 is 11.1 Å². The lowest BCUT2D eigenvalue weighted by molar-refractivity contribution is -0.137. The molecule has 1 amide bonds. The van der Waals surface area contributed by atoms with Gasteiger partial charge in [-0.05, 0) is 42.0 Å². The number of hydrogen-bond acceptors (Lipinski definition) is 4. The molecule has 1 aromatic heterocycles. The summed E-state index contributed by atoms with van der Waals surface area (Å²) in [6.45, 7) is 0.125. The van der Waals surface area contributed by atoms with E-state index < -0.39 is 12.0 Å². The molecular formula is C20H20FN3O3S. The van der Waals surface area contributed by atoms with Gasteiger partial charge in [-0.25, -0.2) is 4.39 Å². The number of halogens is 1. The molecule has 6 nitrogen and oxygen atoms in total. The Morgan fingerprint density at radius 1 is 1.18 bits per heavy atom. The second-order valence-corrected chi connectivity index (χ2v) is 7.38. The first-order valence-corrected chi connectivity index (χ1v) is 9.77. The average molecular weight is 401 g/mol. The summed E-state index contributed by atoms with van der Waals surface area (Å²) in [6.07, 6.45) is 1.76. The van der Waals surface area contributed by atoms with Crippen molar-refractivity contribution in [3.8, 4) is 0 Å². The summed E-state index contributed by atoms with van der Waals surface area (Å²) in [7, 11) is 0. The summed E-state index contributed by atoms with van der Waals surface area (Å²) in [5.74, 6) is -0.524. The number of carbonyl (C=O) groups is 2. The first-order chi connectivity index (χ1) is 13.4. The second-order valence-electron chi connectivity index (χ2n) is 6.35. The van der Waals surface area contributed by atoms with Gasteiger partial charge < -0.3 is 20.7 Å². The maximum atomic E-state index is 13.3. The Kier molecular flexibility index (Phi) is 6.33. The molecule has 0 spiro atoms. The van der Waals surface area contributed by atoms with Crippen LogP contribution in [0.25, 0.3) is 10.9 Å². The molecule has 0 aliphatic heterocycles. The molecule has 28 heavy (non-hydrogen) atoms. The summed E-state index contributed by atoms with van der Waals surface area (Å²) >= 11 is 1.44. The zero-order valence-electron chi connectivity index (χ0n) is 15.0. The molecule has 1 atom stereocenters. The number of nitrogens with two attached hydrogens (primary N) is 1. The minimum atomic E-state index is -1.01. The van der Waals surface area contributed by atoms with E-state index in [4.69, 9.17) is 10.8 Å². The minimum Gasteiger partial charge on any atom is -0.480 e. The highest BCUT2D eigenvalue weighted by Crippen LogP contribution is 2.18. The molecule has 0 saturated heterocycles. The van der Waals surface area contributed by atoms with E-state index in [2.05, 4.69) is 5.32 Å². The van der Waals surface area contributed by atoms with Gasteiger partial charge in [0.15, 0.2) is 0 Å². The largest absolute Gasteiger partial charge is 0.480 e. The van der Waals surface area contributed by atoms with Crippen LogP contribution in [0.1, 0.15) is 5.56 Å². The monoisotopic (exact) mass is 401 g/mol. The molecule has 146 valence electrons. The van der Waals surface area contributed by atoms with Crippen LogP contribution in [-0.2, 0) is 21.9 Å². The predicted octanol–water partition coefficient (Wildman–Crippen LogP) is 3.06. The smallest absolute Gasteiger partial charge is 0.321 e. The fourth-order valence-corrected chi connectivity index (χ4v) is 3.67. The van der Waals surface area contributed by atoms with Gasteiger partial charge in [-0.2, -0.15) is 11.8 Å². The van der Waals surface area contributed by atoms with E-state index in [9.17, 15) is 14.0 Å². The predicted molar refractivity (Wildman–Crippen MR) is 109 cm³/mol. The van der Waals surface area contributed by atoms with Crippen molar-refractivity contribution >= 4 is 40.2 Å². The number of hydrogen-bond donors (Lipinski definition) is 3. The van der Waals surface area contributed by atoms with Crippen molar-refractivity contribution in [1.29, 1.82) is 0 Å². The van der Waals surface area contributed by atoms with Gasteiger partial charge in [0, 0.05) is 34.3 Å². The number of thioether (sulfide) groups is 1. The zero-order chi connectivity index (χ0) is 20.1. The van der Waals surface area contributed by atoms with Crippen LogP contribution in [0.4, 0.5) is 10.1 Å². The Morgan fingerprint density at radius 2 is 1.93 bits per heavy atom. The fraction of sp³-hybridized carbons (Fsp3) is 0.200. The van der Waals surface area contributed by atoms with Crippen LogP contribution in [0, 0.1) is 5.82 Å². The third-order valence-corrected chi connectivity index (χ3v) is 5.30. The molecule has 0 bridgehead atoms.